The van der Waals surface area contributed by atoms with Gasteiger partial charge in [0.2, 0.25) is 0 Å². The third-order valence-electron chi connectivity index (χ3n) is 2.79. The first-order valence-corrected chi connectivity index (χ1v) is 7.42. The Balaban J connectivity index is 2.71. The van der Waals surface area contributed by atoms with Gasteiger partial charge < -0.3 is 10.4 Å². The summed E-state index contributed by atoms with van der Waals surface area (Å²) in [7, 11) is 0. The average molecular weight is 332 g/mol. The molecule has 1 heterocycles. The van der Waals surface area contributed by atoms with E-state index in [1.54, 1.807) is 6.20 Å². The largest absolute Gasteiger partial charge is 0.393 e. The topological polar surface area (TPSA) is 67.2 Å². The normalized spacial score (nSPS) is 12.7. The number of aliphatic hydroxyl groups is 1. The molecule has 0 aliphatic rings. The molecular formula is C13H22BrN3O2. The third-order valence-corrected chi connectivity index (χ3v) is 3.55. The maximum absolute atomic E-state index is 12.0. The van der Waals surface area contributed by atoms with Gasteiger partial charge in [0, 0.05) is 13.1 Å². The number of rotatable bonds is 7. The Morgan fingerprint density at radius 2 is 2.21 bits per heavy atom. The standard InChI is InChI=1S/C13H22BrN3O2/c1-4-10(18)5-6-15-11-7-16-17(8-9(2)3)13(19)12(11)14/h7,9-10,15,18H,4-6,8H2,1-3H3. The van der Waals surface area contributed by atoms with Crippen LogP contribution >= 0.6 is 15.9 Å². The predicted octanol–water partition coefficient (Wildman–Crippen LogP) is 2.23. The van der Waals surface area contributed by atoms with Crippen molar-refractivity contribution in [2.75, 3.05) is 11.9 Å². The maximum atomic E-state index is 12.0. The van der Waals surface area contributed by atoms with Gasteiger partial charge in [-0.2, -0.15) is 5.10 Å². The molecule has 5 nitrogen and oxygen atoms in total. The van der Waals surface area contributed by atoms with Crippen molar-refractivity contribution in [2.24, 2.45) is 5.92 Å². The van der Waals surface area contributed by atoms with Gasteiger partial charge in [-0.1, -0.05) is 20.8 Å². The van der Waals surface area contributed by atoms with Crippen molar-refractivity contribution in [3.63, 3.8) is 0 Å². The third kappa shape index (κ3) is 4.95. The Kier molecular flexibility index (Phi) is 6.51. The van der Waals surface area contributed by atoms with E-state index in [4.69, 9.17) is 0 Å². The van der Waals surface area contributed by atoms with Crippen molar-refractivity contribution in [1.82, 2.24) is 9.78 Å². The van der Waals surface area contributed by atoms with Crippen LogP contribution in [-0.2, 0) is 6.54 Å². The van der Waals surface area contributed by atoms with Crippen LogP contribution in [-0.4, -0.2) is 27.5 Å². The SMILES string of the molecule is CCC(O)CCNc1cnn(CC(C)C)c(=O)c1Br. The first kappa shape index (κ1) is 16.2. The molecular weight excluding hydrogens is 310 g/mol. The summed E-state index contributed by atoms with van der Waals surface area (Å²) >= 11 is 3.31. The minimum atomic E-state index is -0.305. The molecule has 19 heavy (non-hydrogen) atoms. The molecule has 0 bridgehead atoms. The molecule has 6 heteroatoms. The molecule has 108 valence electrons. The van der Waals surface area contributed by atoms with Gasteiger partial charge in [-0.05, 0) is 34.7 Å². The molecule has 0 aliphatic heterocycles. The lowest BCUT2D eigenvalue weighted by Gasteiger charge is -2.13. The summed E-state index contributed by atoms with van der Waals surface area (Å²) in [6.07, 6.45) is 2.72. The summed E-state index contributed by atoms with van der Waals surface area (Å²) < 4.78 is 1.95. The second kappa shape index (κ2) is 7.65. The lowest BCUT2D eigenvalue weighted by atomic mass is 10.2. The van der Waals surface area contributed by atoms with Gasteiger partial charge in [-0.3, -0.25) is 4.79 Å². The van der Waals surface area contributed by atoms with Crippen molar-refractivity contribution in [1.29, 1.82) is 0 Å². The number of hydrogen-bond donors (Lipinski definition) is 2. The van der Waals surface area contributed by atoms with E-state index in [9.17, 15) is 9.90 Å². The number of anilines is 1. The molecule has 0 radical (unpaired) electrons. The zero-order valence-corrected chi connectivity index (χ0v) is 13.3. The maximum Gasteiger partial charge on any atom is 0.283 e. The van der Waals surface area contributed by atoms with Gasteiger partial charge >= 0.3 is 0 Å². The zero-order chi connectivity index (χ0) is 14.4. The van der Waals surface area contributed by atoms with Crippen LogP contribution < -0.4 is 10.9 Å². The van der Waals surface area contributed by atoms with Gasteiger partial charge in [0.15, 0.2) is 0 Å². The van der Waals surface area contributed by atoms with Crippen LogP contribution in [0.1, 0.15) is 33.6 Å². The molecule has 2 N–H and O–H groups in total. The Labute approximate surface area is 122 Å². The minimum Gasteiger partial charge on any atom is -0.393 e. The highest BCUT2D eigenvalue weighted by Gasteiger charge is 2.10. The van der Waals surface area contributed by atoms with Gasteiger partial charge in [-0.25, -0.2) is 4.68 Å². The highest BCUT2D eigenvalue weighted by Crippen LogP contribution is 2.16. The van der Waals surface area contributed by atoms with E-state index >= 15 is 0 Å². The van der Waals surface area contributed by atoms with Crippen LogP contribution in [0.15, 0.2) is 15.5 Å². The fraction of sp³-hybridized carbons (Fsp3) is 0.692. The van der Waals surface area contributed by atoms with Gasteiger partial charge in [0.05, 0.1) is 18.0 Å². The lowest BCUT2D eigenvalue weighted by molar-refractivity contribution is 0.164. The molecule has 0 saturated heterocycles. The molecule has 0 saturated carbocycles. The second-order valence-corrected chi connectivity index (χ2v) is 5.82. The number of aliphatic hydroxyl groups excluding tert-OH is 1. The van der Waals surface area contributed by atoms with Crippen molar-refractivity contribution >= 4 is 21.6 Å². The molecule has 1 aromatic heterocycles. The summed E-state index contributed by atoms with van der Waals surface area (Å²) in [5.41, 5.74) is 0.544. The molecule has 0 spiro atoms. The van der Waals surface area contributed by atoms with E-state index in [0.29, 0.717) is 35.6 Å². The summed E-state index contributed by atoms with van der Waals surface area (Å²) in [6, 6.07) is 0. The second-order valence-electron chi connectivity index (χ2n) is 5.03. The highest BCUT2D eigenvalue weighted by atomic mass is 79.9. The van der Waals surface area contributed by atoms with Crippen LogP contribution in [0.4, 0.5) is 5.69 Å². The first-order chi connectivity index (χ1) is 8.95. The summed E-state index contributed by atoms with van der Waals surface area (Å²) in [4.78, 5) is 12.0. The van der Waals surface area contributed by atoms with E-state index in [1.807, 2.05) is 20.8 Å². The Bertz CT molecular complexity index is 460. The van der Waals surface area contributed by atoms with Crippen LogP contribution in [0.2, 0.25) is 0 Å². The summed E-state index contributed by atoms with van der Waals surface area (Å²) in [5.74, 6) is 0.371. The van der Waals surface area contributed by atoms with E-state index in [0.717, 1.165) is 6.42 Å². The van der Waals surface area contributed by atoms with Gasteiger partial charge in [-0.15, -0.1) is 0 Å². The summed E-state index contributed by atoms with van der Waals surface area (Å²) in [6.45, 7) is 7.24. The van der Waals surface area contributed by atoms with Crippen LogP contribution in [0.5, 0.6) is 0 Å². The van der Waals surface area contributed by atoms with Crippen molar-refractivity contribution in [3.05, 3.63) is 21.0 Å². The van der Waals surface area contributed by atoms with E-state index < -0.39 is 0 Å². The molecule has 0 fully saturated rings. The number of nitrogens with zero attached hydrogens (tertiary/aromatic N) is 2. The first-order valence-electron chi connectivity index (χ1n) is 6.63. The van der Waals surface area contributed by atoms with Crippen LogP contribution in [0.3, 0.4) is 0 Å². The quantitative estimate of drug-likeness (QED) is 0.804. The Hall–Kier alpha value is -0.880. The van der Waals surface area contributed by atoms with Gasteiger partial charge in [0.25, 0.3) is 5.56 Å². The lowest BCUT2D eigenvalue weighted by Crippen LogP contribution is -2.26. The summed E-state index contributed by atoms with van der Waals surface area (Å²) in [5, 5.41) is 16.7. The number of aromatic nitrogens is 2. The number of halogens is 1. The van der Waals surface area contributed by atoms with Crippen LogP contribution in [0, 0.1) is 5.92 Å². The van der Waals surface area contributed by atoms with Gasteiger partial charge in [0.1, 0.15) is 4.47 Å². The predicted molar refractivity (Wildman–Crippen MR) is 80.4 cm³/mol. The molecule has 0 aliphatic carbocycles. The average Bonchev–Trinajstić information content (AvgIpc) is 2.37. The fourth-order valence-electron chi connectivity index (χ4n) is 1.64. The van der Waals surface area contributed by atoms with Crippen molar-refractivity contribution in [3.8, 4) is 0 Å². The number of nitrogens with one attached hydrogen (secondary N) is 1. The molecule has 0 aromatic carbocycles. The molecule has 1 unspecified atom stereocenters. The Morgan fingerprint density at radius 1 is 1.53 bits per heavy atom. The van der Waals surface area contributed by atoms with E-state index in [2.05, 4.69) is 26.3 Å². The molecule has 1 aromatic rings. The monoisotopic (exact) mass is 331 g/mol. The molecule has 1 rings (SSSR count). The molecule has 1 atom stereocenters. The van der Waals surface area contributed by atoms with Crippen molar-refractivity contribution < 1.29 is 5.11 Å². The fourth-order valence-corrected chi connectivity index (χ4v) is 2.09. The van der Waals surface area contributed by atoms with E-state index in [-0.39, 0.29) is 11.7 Å². The number of hydrogen-bond acceptors (Lipinski definition) is 4. The highest BCUT2D eigenvalue weighted by molar-refractivity contribution is 9.10. The van der Waals surface area contributed by atoms with Crippen LogP contribution in [0.25, 0.3) is 0 Å². The molecule has 0 amide bonds. The zero-order valence-electron chi connectivity index (χ0n) is 11.7. The smallest absolute Gasteiger partial charge is 0.283 e. The van der Waals surface area contributed by atoms with E-state index in [1.165, 1.54) is 4.68 Å². The van der Waals surface area contributed by atoms with Crippen molar-refractivity contribution in [2.45, 2.75) is 46.3 Å². The minimum absolute atomic E-state index is 0.130. The Morgan fingerprint density at radius 3 is 2.79 bits per heavy atom.